The van der Waals surface area contributed by atoms with Crippen LogP contribution in [0.1, 0.15) is 72.1 Å². The second-order valence-corrected chi connectivity index (χ2v) is 23.1. The molecule has 2 fully saturated rings. The van der Waals surface area contributed by atoms with E-state index < -0.39 is 9.84 Å². The minimum atomic E-state index is -3.43. The van der Waals surface area contributed by atoms with Gasteiger partial charge in [-0.3, -0.25) is 14.6 Å². The number of carbonyl (C=O) groups is 2. The van der Waals surface area contributed by atoms with Crippen LogP contribution < -0.4 is 0 Å². The Hall–Kier alpha value is -6.06. The maximum absolute atomic E-state index is 12.7. The number of sulfone groups is 1. The Labute approximate surface area is 445 Å². The van der Waals surface area contributed by atoms with Crippen LogP contribution in [-0.4, -0.2) is 94.2 Å². The Kier molecular flexibility index (Phi) is 16.9. The molecule has 372 valence electrons. The molecule has 9 nitrogen and oxygen atoms in total. The molecule has 0 saturated carbocycles. The highest BCUT2D eigenvalue weighted by atomic mass is 79.9. The third-order valence-electron chi connectivity index (χ3n) is 13.1. The van der Waals surface area contributed by atoms with Crippen molar-refractivity contribution in [2.75, 3.05) is 58.5 Å². The topological polar surface area (TPSA) is 106 Å². The van der Waals surface area contributed by atoms with Gasteiger partial charge < -0.3 is 19.3 Å². The van der Waals surface area contributed by atoms with Crippen molar-refractivity contribution in [3.05, 3.63) is 224 Å². The summed E-state index contributed by atoms with van der Waals surface area (Å²) in [5, 5.41) is 0. The molecule has 2 saturated heterocycles. The number of hydrogen-bond acceptors (Lipinski definition) is 9. The lowest BCUT2D eigenvalue weighted by Gasteiger charge is -2.27. The van der Waals surface area contributed by atoms with Gasteiger partial charge in [-0.05, 0) is 156 Å². The van der Waals surface area contributed by atoms with E-state index in [4.69, 9.17) is 9.47 Å². The Morgan fingerprint density at radius 3 is 1.51 bits per heavy atom. The first-order valence-electron chi connectivity index (χ1n) is 24.3. The summed E-state index contributed by atoms with van der Waals surface area (Å²) in [5.41, 5.74) is 12.6. The second kappa shape index (κ2) is 23.9. The van der Waals surface area contributed by atoms with E-state index in [9.17, 15) is 18.0 Å². The van der Waals surface area contributed by atoms with Crippen molar-refractivity contribution in [2.45, 2.75) is 51.2 Å². The number of fused-ring (bicyclic) bond motifs is 4. The van der Waals surface area contributed by atoms with Gasteiger partial charge in [0.05, 0.1) is 31.3 Å². The Morgan fingerprint density at radius 2 is 0.986 bits per heavy atom. The molecule has 0 atom stereocenters. The molecule has 4 heterocycles. The van der Waals surface area contributed by atoms with Crippen LogP contribution in [-0.2, 0) is 32.2 Å². The largest absolute Gasteiger partial charge is 0.378 e. The fraction of sp³-hybridized carbons (Fsp3) is 0.217. The number of rotatable bonds is 8. The number of carbonyl (C=O) groups excluding carboxylic acids is 2. The van der Waals surface area contributed by atoms with Crippen molar-refractivity contribution in [1.29, 1.82) is 0 Å². The van der Waals surface area contributed by atoms with Crippen molar-refractivity contribution < 1.29 is 27.5 Å². The van der Waals surface area contributed by atoms with Gasteiger partial charge in [0, 0.05) is 67.1 Å². The van der Waals surface area contributed by atoms with E-state index in [1.54, 1.807) is 23.9 Å². The second-order valence-electron chi connectivity index (χ2n) is 18.1. The number of ether oxygens (including phenoxy) is 2. The summed E-state index contributed by atoms with van der Waals surface area (Å²) in [5.74, 6) is -0.0814. The predicted octanol–water partition coefficient (Wildman–Crippen LogP) is 12.5. The van der Waals surface area contributed by atoms with E-state index in [-0.39, 0.29) is 17.7 Å². The Morgan fingerprint density at radius 1 is 0.562 bits per heavy atom. The number of morpholine rings is 2. The summed E-state index contributed by atoms with van der Waals surface area (Å²) < 4.78 is 36.6. The third-order valence-corrected chi connectivity index (χ3v) is 17.5. The molecule has 11 rings (SSSR count). The molecule has 0 radical (unpaired) electrons. The zero-order valence-corrected chi connectivity index (χ0v) is 44.9. The van der Waals surface area contributed by atoms with Crippen LogP contribution in [0.5, 0.6) is 0 Å². The lowest BCUT2D eigenvalue weighted by Crippen LogP contribution is -2.40. The number of aliphatic imine (C=N–C) groups is 1. The van der Waals surface area contributed by atoms with Gasteiger partial charge in [-0.15, -0.1) is 0 Å². The van der Waals surface area contributed by atoms with E-state index >= 15 is 0 Å². The SMILES string of the molecule is C=C(c1ccc(C(=O)N2CCOCC2)cc1)c1ccc2c(c1)Cc1ccccc1S2.CC(=NCS(=O)(=O)c1ccc(C)cc1)c1ccc2c(c1)Cc1ccccc1S2.O=C(c1ccc(Br)cc1)N1CCOCC1. The maximum Gasteiger partial charge on any atom is 0.254 e. The fourth-order valence-corrected chi connectivity index (χ4v) is 12.2. The summed E-state index contributed by atoms with van der Waals surface area (Å²) in [6.45, 7) is 13.3. The highest BCUT2D eigenvalue weighted by Gasteiger charge is 2.22. The lowest BCUT2D eigenvalue weighted by molar-refractivity contribution is 0.0301. The van der Waals surface area contributed by atoms with Gasteiger partial charge in [0.25, 0.3) is 11.8 Å². The molecule has 4 aliphatic heterocycles. The zero-order chi connectivity index (χ0) is 50.9. The summed E-state index contributed by atoms with van der Waals surface area (Å²) in [6, 6.07) is 52.1. The maximum atomic E-state index is 12.7. The molecular formula is C60H56BrN3O6S3. The van der Waals surface area contributed by atoms with Crippen molar-refractivity contribution in [1.82, 2.24) is 9.80 Å². The number of benzene rings is 7. The number of nitrogens with zero attached hydrogens (tertiary/aromatic N) is 3. The quantitative estimate of drug-likeness (QED) is 0.139. The van der Waals surface area contributed by atoms with E-state index in [0.717, 1.165) is 56.4 Å². The van der Waals surface area contributed by atoms with Gasteiger partial charge in [0.1, 0.15) is 5.88 Å². The average molecular weight is 1090 g/mol. The van der Waals surface area contributed by atoms with E-state index in [1.165, 1.54) is 41.8 Å². The van der Waals surface area contributed by atoms with Gasteiger partial charge in [-0.2, -0.15) is 0 Å². The molecule has 0 bridgehead atoms. The average Bonchev–Trinajstić information content (AvgIpc) is 3.43. The summed E-state index contributed by atoms with van der Waals surface area (Å²) in [7, 11) is -3.43. The van der Waals surface area contributed by atoms with Crippen LogP contribution in [0.4, 0.5) is 0 Å². The predicted molar refractivity (Wildman–Crippen MR) is 297 cm³/mol. The Balaban J connectivity index is 0.000000142. The van der Waals surface area contributed by atoms with Gasteiger partial charge in [-0.1, -0.05) is 124 Å². The Bertz CT molecular complexity index is 3280. The van der Waals surface area contributed by atoms with Crippen molar-refractivity contribution in [2.24, 2.45) is 4.99 Å². The summed E-state index contributed by atoms with van der Waals surface area (Å²) in [4.78, 5) is 38.2. The van der Waals surface area contributed by atoms with Crippen molar-refractivity contribution in [3.8, 4) is 0 Å². The standard InChI is InChI=1S/C26H23NO2S.C23H21NO2S2.C11H12BrNO2/c1-18(19-6-8-20(9-7-19)26(28)27-12-14-29-15-13-27)21-10-11-25-23(16-21)17-22-4-2-3-5-24(22)30-25;1-16-7-10-21(11-8-16)28(25,26)15-24-17(2)18-9-12-23-20(13-18)14-19-5-3-4-6-22(19)27-23;12-10-3-1-9(2-4-10)11(14)13-5-7-15-8-6-13/h2-11,16H,1,12-15,17H2;3-13H,14-15H2,1-2H3;1-4H,5-8H2. The number of hydrogen-bond donors (Lipinski definition) is 0. The molecule has 0 aliphatic carbocycles. The van der Waals surface area contributed by atoms with E-state index in [2.05, 4.69) is 106 Å². The first kappa shape index (κ1) is 51.8. The number of aryl methyl sites for hydroxylation is 1. The summed E-state index contributed by atoms with van der Waals surface area (Å²) in [6.07, 6.45) is 1.84. The van der Waals surface area contributed by atoms with E-state index in [0.29, 0.717) is 63.1 Å². The molecule has 13 heteroatoms. The molecular weight excluding hydrogens is 1030 g/mol. The molecule has 2 amide bonds. The highest BCUT2D eigenvalue weighted by molar-refractivity contribution is 9.10. The molecule has 7 aromatic rings. The molecule has 7 aromatic carbocycles. The molecule has 0 aromatic heterocycles. The zero-order valence-electron chi connectivity index (χ0n) is 40.9. The molecule has 4 aliphatic rings. The van der Waals surface area contributed by atoms with Crippen molar-refractivity contribution in [3.63, 3.8) is 0 Å². The highest BCUT2D eigenvalue weighted by Crippen LogP contribution is 2.41. The van der Waals surface area contributed by atoms with Crippen LogP contribution in [0.15, 0.2) is 198 Å². The molecule has 73 heavy (non-hydrogen) atoms. The minimum absolute atomic E-state index is 0.0694. The van der Waals surface area contributed by atoms with Crippen molar-refractivity contribution >= 4 is 72.4 Å². The first-order chi connectivity index (χ1) is 35.4. The normalized spacial score (nSPS) is 14.9. The lowest BCUT2D eigenvalue weighted by atomic mass is 9.95. The number of amides is 2. The molecule has 0 spiro atoms. The van der Waals surface area contributed by atoms with Gasteiger partial charge in [0.15, 0.2) is 9.84 Å². The van der Waals surface area contributed by atoms with Crippen LogP contribution in [0.3, 0.4) is 0 Å². The van der Waals surface area contributed by atoms with Gasteiger partial charge in [0.2, 0.25) is 0 Å². The van der Waals surface area contributed by atoms with Crippen LogP contribution >= 0.6 is 39.5 Å². The number of halogens is 1. The summed E-state index contributed by atoms with van der Waals surface area (Å²) >= 11 is 6.97. The minimum Gasteiger partial charge on any atom is -0.378 e. The monoisotopic (exact) mass is 1090 g/mol. The molecule has 0 N–H and O–H groups in total. The first-order valence-corrected chi connectivity index (χ1v) is 28.3. The van der Waals surface area contributed by atoms with Crippen LogP contribution in [0.2, 0.25) is 0 Å². The van der Waals surface area contributed by atoms with Crippen LogP contribution in [0, 0.1) is 6.92 Å². The fourth-order valence-electron chi connectivity index (χ4n) is 8.76. The smallest absolute Gasteiger partial charge is 0.254 e. The molecule has 0 unspecified atom stereocenters. The van der Waals surface area contributed by atoms with E-state index in [1.807, 2.05) is 102 Å². The van der Waals surface area contributed by atoms with Gasteiger partial charge >= 0.3 is 0 Å². The van der Waals surface area contributed by atoms with Gasteiger partial charge in [-0.25, -0.2) is 8.42 Å². The van der Waals surface area contributed by atoms with Crippen LogP contribution in [0.25, 0.3) is 5.57 Å². The third kappa shape index (κ3) is 13.0.